The fourth-order valence-corrected chi connectivity index (χ4v) is 1.20. The summed E-state index contributed by atoms with van der Waals surface area (Å²) in [7, 11) is 0. The highest BCUT2D eigenvalue weighted by Gasteiger charge is 2.29. The predicted octanol–water partition coefficient (Wildman–Crippen LogP) is 1.10. The van der Waals surface area contributed by atoms with Crippen molar-refractivity contribution in [3.63, 3.8) is 0 Å². The molecule has 0 aliphatic heterocycles. The molecule has 92 valence electrons. The van der Waals surface area contributed by atoms with E-state index in [1.54, 1.807) is 20.8 Å². The van der Waals surface area contributed by atoms with E-state index >= 15 is 0 Å². The maximum absolute atomic E-state index is 11.5. The summed E-state index contributed by atoms with van der Waals surface area (Å²) >= 11 is 0. The van der Waals surface area contributed by atoms with Crippen LogP contribution in [-0.2, 0) is 23.9 Å². The molecule has 0 fully saturated rings. The quantitative estimate of drug-likeness (QED) is 0.484. The zero-order valence-electron chi connectivity index (χ0n) is 9.95. The van der Waals surface area contributed by atoms with Crippen LogP contribution < -0.4 is 0 Å². The van der Waals surface area contributed by atoms with E-state index in [4.69, 9.17) is 9.47 Å². The highest BCUT2D eigenvalue weighted by Crippen LogP contribution is 2.11. The van der Waals surface area contributed by atoms with Crippen molar-refractivity contribution in [1.82, 2.24) is 0 Å². The smallest absolute Gasteiger partial charge is 0.317 e. The SMILES string of the molecule is CCOC(=O)C[C@@H](C(=O)CC)C(=O)OCC. The molecule has 0 saturated carbocycles. The third kappa shape index (κ3) is 4.91. The maximum atomic E-state index is 11.5. The Bertz CT molecular complexity index is 259. The average molecular weight is 230 g/mol. The zero-order chi connectivity index (χ0) is 12.6. The molecule has 0 heterocycles. The fourth-order valence-electron chi connectivity index (χ4n) is 1.20. The van der Waals surface area contributed by atoms with E-state index in [2.05, 4.69) is 0 Å². The number of carbonyl (C=O) groups excluding carboxylic acids is 3. The van der Waals surface area contributed by atoms with Gasteiger partial charge in [0.1, 0.15) is 11.7 Å². The number of ether oxygens (including phenoxy) is 2. The molecule has 0 N–H and O–H groups in total. The van der Waals surface area contributed by atoms with Gasteiger partial charge in [-0.1, -0.05) is 6.92 Å². The summed E-state index contributed by atoms with van der Waals surface area (Å²) < 4.78 is 9.43. The minimum atomic E-state index is -1.02. The standard InChI is InChI=1S/C11H18O5/c1-4-9(12)8(11(14)16-6-3)7-10(13)15-5-2/h8H,4-7H2,1-3H3/t8-/m0/s1. The third-order valence-corrected chi connectivity index (χ3v) is 1.98. The van der Waals surface area contributed by atoms with Crippen LogP contribution in [0.25, 0.3) is 0 Å². The van der Waals surface area contributed by atoms with Crippen molar-refractivity contribution >= 4 is 17.7 Å². The first-order valence-corrected chi connectivity index (χ1v) is 5.41. The van der Waals surface area contributed by atoms with Crippen LogP contribution >= 0.6 is 0 Å². The van der Waals surface area contributed by atoms with Crippen molar-refractivity contribution in [2.24, 2.45) is 5.92 Å². The van der Waals surface area contributed by atoms with Gasteiger partial charge in [-0.2, -0.15) is 0 Å². The number of hydrogen-bond donors (Lipinski definition) is 0. The summed E-state index contributed by atoms with van der Waals surface area (Å²) in [4.78, 5) is 34.1. The molecule has 0 aromatic heterocycles. The van der Waals surface area contributed by atoms with Gasteiger partial charge in [0, 0.05) is 6.42 Å². The van der Waals surface area contributed by atoms with Gasteiger partial charge in [0.25, 0.3) is 0 Å². The molecule has 0 unspecified atom stereocenters. The van der Waals surface area contributed by atoms with Crippen LogP contribution in [0.1, 0.15) is 33.6 Å². The molecule has 1 atom stereocenters. The lowest BCUT2D eigenvalue weighted by atomic mass is 9.98. The minimum absolute atomic E-state index is 0.190. The van der Waals surface area contributed by atoms with Gasteiger partial charge in [-0.25, -0.2) is 0 Å². The number of esters is 2. The van der Waals surface area contributed by atoms with E-state index < -0.39 is 17.9 Å². The highest BCUT2D eigenvalue weighted by atomic mass is 16.5. The molecule has 0 aliphatic rings. The predicted molar refractivity (Wildman–Crippen MR) is 56.7 cm³/mol. The average Bonchev–Trinajstić information content (AvgIpc) is 2.25. The Morgan fingerprint density at radius 1 is 1.00 bits per heavy atom. The van der Waals surface area contributed by atoms with Crippen LogP contribution in [0.4, 0.5) is 0 Å². The van der Waals surface area contributed by atoms with Crippen molar-refractivity contribution in [2.45, 2.75) is 33.6 Å². The molecule has 5 heteroatoms. The minimum Gasteiger partial charge on any atom is -0.466 e. The van der Waals surface area contributed by atoms with E-state index in [1.807, 2.05) is 0 Å². The Kier molecular flexibility index (Phi) is 7.16. The monoisotopic (exact) mass is 230 g/mol. The van der Waals surface area contributed by atoms with Crippen LogP contribution in [-0.4, -0.2) is 30.9 Å². The van der Waals surface area contributed by atoms with Crippen molar-refractivity contribution in [3.05, 3.63) is 0 Å². The molecule has 0 spiro atoms. The van der Waals surface area contributed by atoms with Gasteiger partial charge in [0.05, 0.1) is 19.6 Å². The number of Topliss-reactive ketones (excluding diaryl/α,β-unsaturated/α-hetero) is 1. The Hall–Kier alpha value is -1.39. The van der Waals surface area contributed by atoms with E-state index in [1.165, 1.54) is 0 Å². The number of ketones is 1. The van der Waals surface area contributed by atoms with Crippen LogP contribution in [0.15, 0.2) is 0 Å². The van der Waals surface area contributed by atoms with Gasteiger partial charge in [-0.3, -0.25) is 14.4 Å². The first-order valence-electron chi connectivity index (χ1n) is 5.41. The summed E-state index contributed by atoms with van der Waals surface area (Å²) in [5, 5.41) is 0. The molecular formula is C11H18O5. The second-order valence-electron chi connectivity index (χ2n) is 3.13. The van der Waals surface area contributed by atoms with Crippen LogP contribution in [0, 0.1) is 5.92 Å². The van der Waals surface area contributed by atoms with Crippen molar-refractivity contribution < 1.29 is 23.9 Å². The van der Waals surface area contributed by atoms with Gasteiger partial charge < -0.3 is 9.47 Å². The Labute approximate surface area is 95.1 Å². The molecule has 0 aromatic rings. The lowest BCUT2D eigenvalue weighted by Crippen LogP contribution is -2.28. The second-order valence-corrected chi connectivity index (χ2v) is 3.13. The molecule has 16 heavy (non-hydrogen) atoms. The fraction of sp³-hybridized carbons (Fsp3) is 0.727. The normalized spacial score (nSPS) is 11.7. The second kappa shape index (κ2) is 7.84. The highest BCUT2D eigenvalue weighted by molar-refractivity contribution is 6.01. The lowest BCUT2D eigenvalue weighted by Gasteiger charge is -2.12. The van der Waals surface area contributed by atoms with E-state index in [9.17, 15) is 14.4 Å². The maximum Gasteiger partial charge on any atom is 0.317 e. The van der Waals surface area contributed by atoms with Crippen LogP contribution in [0.3, 0.4) is 0 Å². The van der Waals surface area contributed by atoms with Crippen molar-refractivity contribution in [1.29, 1.82) is 0 Å². The molecule has 0 amide bonds. The Morgan fingerprint density at radius 3 is 2.00 bits per heavy atom. The number of rotatable bonds is 7. The van der Waals surface area contributed by atoms with E-state index in [-0.39, 0.29) is 31.8 Å². The summed E-state index contributed by atoms with van der Waals surface area (Å²) in [5.41, 5.74) is 0. The first kappa shape index (κ1) is 14.6. The van der Waals surface area contributed by atoms with Crippen molar-refractivity contribution in [2.75, 3.05) is 13.2 Å². The van der Waals surface area contributed by atoms with Gasteiger partial charge in [0.2, 0.25) is 0 Å². The summed E-state index contributed by atoms with van der Waals surface area (Å²) in [6.07, 6.45) is -0.0395. The number of hydrogen-bond acceptors (Lipinski definition) is 5. The van der Waals surface area contributed by atoms with Crippen molar-refractivity contribution in [3.8, 4) is 0 Å². The molecule has 0 bridgehead atoms. The topological polar surface area (TPSA) is 69.7 Å². The van der Waals surface area contributed by atoms with E-state index in [0.29, 0.717) is 0 Å². The van der Waals surface area contributed by atoms with Gasteiger partial charge in [-0.05, 0) is 13.8 Å². The summed E-state index contributed by atoms with van der Waals surface area (Å²) in [6, 6.07) is 0. The summed E-state index contributed by atoms with van der Waals surface area (Å²) in [5.74, 6) is -2.53. The van der Waals surface area contributed by atoms with Gasteiger partial charge in [-0.15, -0.1) is 0 Å². The van der Waals surface area contributed by atoms with Gasteiger partial charge >= 0.3 is 11.9 Å². The molecule has 0 radical (unpaired) electrons. The Balaban J connectivity index is 4.49. The molecule has 0 rings (SSSR count). The Morgan fingerprint density at radius 2 is 1.56 bits per heavy atom. The lowest BCUT2D eigenvalue weighted by molar-refractivity contribution is -0.157. The molecule has 0 aliphatic carbocycles. The molecular weight excluding hydrogens is 212 g/mol. The molecule has 0 saturated heterocycles. The molecule has 5 nitrogen and oxygen atoms in total. The zero-order valence-corrected chi connectivity index (χ0v) is 9.95. The third-order valence-electron chi connectivity index (χ3n) is 1.98. The van der Waals surface area contributed by atoms with E-state index in [0.717, 1.165) is 0 Å². The first-order chi connectivity index (χ1) is 7.56. The largest absolute Gasteiger partial charge is 0.466 e. The van der Waals surface area contributed by atoms with Crippen LogP contribution in [0.2, 0.25) is 0 Å². The van der Waals surface area contributed by atoms with Crippen LogP contribution in [0.5, 0.6) is 0 Å². The summed E-state index contributed by atoms with van der Waals surface area (Å²) in [6.45, 7) is 5.37. The number of carbonyl (C=O) groups is 3. The van der Waals surface area contributed by atoms with Gasteiger partial charge in [0.15, 0.2) is 0 Å². The molecule has 0 aromatic carbocycles.